The molecule has 0 aromatic heterocycles. The molecule has 0 amide bonds. The van der Waals surface area contributed by atoms with Gasteiger partial charge in [0.15, 0.2) is 0 Å². The molecule has 0 N–H and O–H groups in total. The van der Waals surface area contributed by atoms with Gasteiger partial charge in [-0.05, 0) is 0 Å². The summed E-state index contributed by atoms with van der Waals surface area (Å²) >= 11 is 0. The van der Waals surface area contributed by atoms with Crippen LogP contribution in [-0.2, 0) is 4.57 Å². The van der Waals surface area contributed by atoms with Crippen LogP contribution in [0.2, 0.25) is 0 Å². The van der Waals surface area contributed by atoms with Gasteiger partial charge >= 0.3 is 0 Å². The Hall–Kier alpha value is -1.72. The highest BCUT2D eigenvalue weighted by atomic mass is 31.2. The second-order valence-corrected chi connectivity index (χ2v) is 7.34. The van der Waals surface area contributed by atoms with Gasteiger partial charge in [-0.3, -0.25) is 0 Å². The Balaban J connectivity index is 2.18. The van der Waals surface area contributed by atoms with Crippen molar-refractivity contribution in [1.82, 2.24) is 0 Å². The van der Waals surface area contributed by atoms with Crippen molar-refractivity contribution < 1.29 is 4.57 Å². The summed E-state index contributed by atoms with van der Waals surface area (Å²) in [4.78, 5) is 0. The number of allylic oxidation sites excluding steroid dienone is 4. The molecule has 0 heterocycles. The first-order valence-corrected chi connectivity index (χ1v) is 7.82. The molecule has 90 valence electrons. The zero-order valence-corrected chi connectivity index (χ0v) is 10.8. The third-order valence-corrected chi connectivity index (χ3v) is 6.63. The van der Waals surface area contributed by atoms with Gasteiger partial charge in [0.05, 0.1) is 0 Å². The molecule has 1 aliphatic rings. The summed E-state index contributed by atoms with van der Waals surface area (Å²) in [5.74, 6) is 0. The monoisotopic (exact) mass is 253 g/mol. The van der Waals surface area contributed by atoms with Gasteiger partial charge in [0, 0.05) is 11.0 Å². The molecule has 0 saturated carbocycles. The summed E-state index contributed by atoms with van der Waals surface area (Å²) in [5, 5.41) is 1.87. The summed E-state index contributed by atoms with van der Waals surface area (Å²) in [6, 6.07) is 17.6. The van der Waals surface area contributed by atoms with E-state index >= 15 is 0 Å². The molecule has 0 spiro atoms. The molecule has 2 aromatic carbocycles. The van der Waals surface area contributed by atoms with Crippen LogP contribution in [0.5, 0.6) is 0 Å². The van der Waals surface area contributed by atoms with Gasteiger partial charge in [-0.15, -0.1) is 0 Å². The fraction of sp³-hybridized carbons (Fsp3) is 0.0625. The van der Waals surface area contributed by atoms with Crippen molar-refractivity contribution in [1.29, 1.82) is 0 Å². The Labute approximate surface area is 107 Å². The standard InChI is InChI=1S/C16H14OP/c17-18(15-10-4-5-11-15,16-12-6-7-13-16)14-8-2-1-3-9-14/h1-13,15H/q-1. The maximum Gasteiger partial charge on any atom is 0.105 e. The summed E-state index contributed by atoms with van der Waals surface area (Å²) in [7, 11) is -2.60. The van der Waals surface area contributed by atoms with Crippen molar-refractivity contribution in [2.24, 2.45) is 0 Å². The van der Waals surface area contributed by atoms with Gasteiger partial charge in [0.1, 0.15) is 7.14 Å². The van der Waals surface area contributed by atoms with Crippen LogP contribution in [-0.4, -0.2) is 5.66 Å². The van der Waals surface area contributed by atoms with Crippen LogP contribution in [0.4, 0.5) is 0 Å². The zero-order valence-electron chi connectivity index (χ0n) is 9.94. The van der Waals surface area contributed by atoms with Crippen LogP contribution in [0.15, 0.2) is 78.9 Å². The van der Waals surface area contributed by atoms with Crippen molar-refractivity contribution in [2.75, 3.05) is 0 Å². The van der Waals surface area contributed by atoms with Crippen molar-refractivity contribution in [2.45, 2.75) is 5.66 Å². The molecule has 0 aliphatic heterocycles. The zero-order chi connectivity index (χ0) is 12.4. The topological polar surface area (TPSA) is 17.1 Å². The predicted molar refractivity (Wildman–Crippen MR) is 77.4 cm³/mol. The lowest BCUT2D eigenvalue weighted by Gasteiger charge is -2.26. The van der Waals surface area contributed by atoms with Crippen LogP contribution in [0.3, 0.4) is 0 Å². The third-order valence-electron chi connectivity index (χ3n) is 3.32. The van der Waals surface area contributed by atoms with Crippen molar-refractivity contribution in [3.63, 3.8) is 0 Å². The Kier molecular flexibility index (Phi) is 2.85. The summed E-state index contributed by atoms with van der Waals surface area (Å²) in [6.07, 6.45) is 8.01. The fourth-order valence-corrected chi connectivity index (χ4v) is 5.29. The Morgan fingerprint density at radius 2 is 1.50 bits per heavy atom. The minimum absolute atomic E-state index is 0.0118. The molecule has 2 heteroatoms. The van der Waals surface area contributed by atoms with Crippen LogP contribution >= 0.6 is 7.14 Å². The van der Waals surface area contributed by atoms with Crippen LogP contribution in [0, 0.1) is 0 Å². The average molecular weight is 253 g/mol. The first kappa shape index (κ1) is 11.4. The number of rotatable bonds is 3. The number of benzene rings is 1. The highest BCUT2D eigenvalue weighted by molar-refractivity contribution is 7.79. The summed E-state index contributed by atoms with van der Waals surface area (Å²) in [5.41, 5.74) is -0.0118. The molecular weight excluding hydrogens is 239 g/mol. The van der Waals surface area contributed by atoms with Crippen LogP contribution in [0.25, 0.3) is 0 Å². The van der Waals surface area contributed by atoms with Gasteiger partial charge in [0.2, 0.25) is 0 Å². The lowest BCUT2D eigenvalue weighted by Crippen LogP contribution is -2.21. The van der Waals surface area contributed by atoms with Crippen molar-refractivity contribution in [3.05, 3.63) is 78.9 Å². The van der Waals surface area contributed by atoms with Gasteiger partial charge < -0.3 is 4.57 Å². The number of hydrogen-bond acceptors (Lipinski definition) is 1. The van der Waals surface area contributed by atoms with E-state index in [0.717, 1.165) is 10.6 Å². The Morgan fingerprint density at radius 1 is 0.889 bits per heavy atom. The SMILES string of the molecule is O=P(c1ccccc1)([c-]1cccc1)C1C=CC=C1. The molecule has 0 bridgehead atoms. The number of hydrogen-bond donors (Lipinski definition) is 0. The van der Waals surface area contributed by atoms with Gasteiger partial charge in [-0.2, -0.15) is 12.1 Å². The minimum atomic E-state index is -2.60. The summed E-state index contributed by atoms with van der Waals surface area (Å²) in [6.45, 7) is 0. The van der Waals surface area contributed by atoms with E-state index in [1.807, 2.05) is 78.9 Å². The third kappa shape index (κ3) is 1.72. The van der Waals surface area contributed by atoms with Crippen molar-refractivity contribution >= 4 is 17.8 Å². The van der Waals surface area contributed by atoms with E-state index in [9.17, 15) is 4.57 Å². The minimum Gasteiger partial charge on any atom is -0.326 e. The second kappa shape index (κ2) is 4.51. The smallest absolute Gasteiger partial charge is 0.105 e. The fourth-order valence-electron chi connectivity index (χ4n) is 2.39. The molecule has 2 aromatic rings. The molecule has 1 atom stereocenters. The van der Waals surface area contributed by atoms with E-state index in [1.54, 1.807) is 0 Å². The molecule has 0 radical (unpaired) electrons. The highest BCUT2D eigenvalue weighted by Gasteiger charge is 2.30. The molecule has 1 unspecified atom stereocenters. The lowest BCUT2D eigenvalue weighted by atomic mass is 10.4. The Morgan fingerprint density at radius 3 is 2.11 bits per heavy atom. The molecule has 3 rings (SSSR count). The first-order valence-electron chi connectivity index (χ1n) is 6.04. The molecule has 18 heavy (non-hydrogen) atoms. The maximum atomic E-state index is 13.6. The summed E-state index contributed by atoms with van der Waals surface area (Å²) < 4.78 is 13.6. The molecule has 0 saturated heterocycles. The van der Waals surface area contributed by atoms with E-state index < -0.39 is 7.14 Å². The second-order valence-electron chi connectivity index (χ2n) is 4.40. The Bertz CT molecular complexity index is 608. The van der Waals surface area contributed by atoms with Crippen LogP contribution < -0.4 is 10.6 Å². The maximum absolute atomic E-state index is 13.6. The molecule has 1 aliphatic carbocycles. The van der Waals surface area contributed by atoms with E-state index in [2.05, 4.69) is 0 Å². The van der Waals surface area contributed by atoms with E-state index in [-0.39, 0.29) is 5.66 Å². The van der Waals surface area contributed by atoms with E-state index in [4.69, 9.17) is 0 Å². The average Bonchev–Trinajstić information content (AvgIpc) is 3.12. The molecule has 1 nitrogen and oxygen atoms in total. The molecule has 0 fully saturated rings. The molecular formula is C16H14OP-. The van der Waals surface area contributed by atoms with E-state index in [0.29, 0.717) is 0 Å². The lowest BCUT2D eigenvalue weighted by molar-refractivity contribution is 0.586. The predicted octanol–water partition coefficient (Wildman–Crippen LogP) is 3.21. The van der Waals surface area contributed by atoms with Crippen molar-refractivity contribution in [3.8, 4) is 0 Å². The quantitative estimate of drug-likeness (QED) is 0.606. The van der Waals surface area contributed by atoms with Gasteiger partial charge in [-0.25, -0.2) is 12.1 Å². The first-order chi connectivity index (χ1) is 8.82. The van der Waals surface area contributed by atoms with Gasteiger partial charge in [-0.1, -0.05) is 59.9 Å². The highest BCUT2D eigenvalue weighted by Crippen LogP contribution is 2.50. The van der Waals surface area contributed by atoms with Gasteiger partial charge in [0.25, 0.3) is 0 Å². The van der Waals surface area contributed by atoms with Crippen LogP contribution in [0.1, 0.15) is 0 Å². The normalized spacial score (nSPS) is 18.0. The largest absolute Gasteiger partial charge is 0.326 e. The van der Waals surface area contributed by atoms with E-state index in [1.165, 1.54) is 0 Å².